The summed E-state index contributed by atoms with van der Waals surface area (Å²) in [6.07, 6.45) is 0. The van der Waals surface area contributed by atoms with E-state index < -0.39 is 5.91 Å². The van der Waals surface area contributed by atoms with Gasteiger partial charge in [-0.3, -0.25) is 4.79 Å². The van der Waals surface area contributed by atoms with Gasteiger partial charge in [-0.25, -0.2) is 0 Å². The lowest BCUT2D eigenvalue weighted by Crippen LogP contribution is -2.26. The summed E-state index contributed by atoms with van der Waals surface area (Å²) < 4.78 is 15.6. The quantitative estimate of drug-likeness (QED) is 0.629. The van der Waals surface area contributed by atoms with Crippen LogP contribution in [0.3, 0.4) is 0 Å². The van der Waals surface area contributed by atoms with Crippen LogP contribution in [0.1, 0.15) is 24.1 Å². The van der Waals surface area contributed by atoms with Crippen molar-refractivity contribution < 1.29 is 19.0 Å². The predicted molar refractivity (Wildman–Crippen MR) is 80.1 cm³/mol. The lowest BCUT2D eigenvalue weighted by molar-refractivity contribution is -0.122. The molecule has 118 valence electrons. The van der Waals surface area contributed by atoms with E-state index in [4.69, 9.17) is 19.9 Å². The van der Waals surface area contributed by atoms with Crippen LogP contribution >= 0.6 is 0 Å². The molecule has 1 unspecified atom stereocenters. The normalized spacial score (nSPS) is 12.1. The number of methoxy groups -OCH3 is 2. The minimum absolute atomic E-state index is 0.0451. The minimum atomic E-state index is -0.456. The fourth-order valence-corrected chi connectivity index (χ4v) is 1.97. The van der Waals surface area contributed by atoms with Gasteiger partial charge in [0.15, 0.2) is 0 Å². The first-order valence-corrected chi connectivity index (χ1v) is 6.83. The number of primary amides is 1. The molecule has 0 saturated carbocycles. The van der Waals surface area contributed by atoms with Crippen molar-refractivity contribution in [2.24, 2.45) is 5.73 Å². The van der Waals surface area contributed by atoms with Crippen molar-refractivity contribution >= 4 is 5.91 Å². The number of amides is 1. The van der Waals surface area contributed by atoms with Gasteiger partial charge in [0.1, 0.15) is 12.4 Å². The van der Waals surface area contributed by atoms with E-state index in [1.165, 1.54) is 0 Å². The summed E-state index contributed by atoms with van der Waals surface area (Å²) in [6, 6.07) is 6.17. The van der Waals surface area contributed by atoms with E-state index in [9.17, 15) is 4.79 Å². The molecule has 0 heterocycles. The molecule has 0 radical (unpaired) electrons. The zero-order valence-electron chi connectivity index (χ0n) is 12.8. The second-order valence-electron chi connectivity index (χ2n) is 4.70. The van der Waals surface area contributed by atoms with Crippen molar-refractivity contribution in [2.45, 2.75) is 19.6 Å². The number of rotatable bonds is 10. The summed E-state index contributed by atoms with van der Waals surface area (Å²) in [4.78, 5) is 10.5. The van der Waals surface area contributed by atoms with Crippen LogP contribution in [0.5, 0.6) is 5.75 Å². The maximum Gasteiger partial charge on any atom is 0.243 e. The summed E-state index contributed by atoms with van der Waals surface area (Å²) in [7, 11) is 3.30. The second-order valence-corrected chi connectivity index (χ2v) is 4.70. The zero-order valence-corrected chi connectivity index (χ0v) is 12.8. The Morgan fingerprint density at radius 1 is 1.38 bits per heavy atom. The van der Waals surface area contributed by atoms with E-state index in [1.807, 2.05) is 12.1 Å². The largest absolute Gasteiger partial charge is 0.496 e. The van der Waals surface area contributed by atoms with E-state index in [1.54, 1.807) is 14.2 Å². The third kappa shape index (κ3) is 6.12. The average Bonchev–Trinajstić information content (AvgIpc) is 2.46. The number of hydrogen-bond donors (Lipinski definition) is 2. The van der Waals surface area contributed by atoms with Crippen molar-refractivity contribution in [1.29, 1.82) is 0 Å². The number of benzene rings is 1. The molecule has 0 aliphatic rings. The first-order valence-electron chi connectivity index (χ1n) is 6.83. The van der Waals surface area contributed by atoms with Crippen molar-refractivity contribution in [1.82, 2.24) is 5.32 Å². The Kier molecular flexibility index (Phi) is 7.74. The Hall–Kier alpha value is -1.63. The molecule has 1 rings (SSSR count). The molecule has 0 aliphatic carbocycles. The molecule has 6 nitrogen and oxygen atoms in total. The van der Waals surface area contributed by atoms with Crippen molar-refractivity contribution in [2.75, 3.05) is 34.0 Å². The van der Waals surface area contributed by atoms with Gasteiger partial charge in [-0.05, 0) is 24.6 Å². The van der Waals surface area contributed by atoms with Gasteiger partial charge in [-0.1, -0.05) is 6.07 Å². The van der Waals surface area contributed by atoms with Gasteiger partial charge in [0.2, 0.25) is 5.91 Å². The number of carbonyl (C=O) groups excluding carboxylic acids is 1. The van der Waals surface area contributed by atoms with Gasteiger partial charge in [0.05, 0.1) is 20.3 Å². The highest BCUT2D eigenvalue weighted by molar-refractivity contribution is 5.74. The van der Waals surface area contributed by atoms with Crippen LogP contribution in [0, 0.1) is 0 Å². The monoisotopic (exact) mass is 296 g/mol. The molecule has 1 atom stereocenters. The van der Waals surface area contributed by atoms with Crippen LogP contribution in [0.15, 0.2) is 18.2 Å². The van der Waals surface area contributed by atoms with Crippen LogP contribution in [0.25, 0.3) is 0 Å². The van der Waals surface area contributed by atoms with Gasteiger partial charge < -0.3 is 25.3 Å². The number of nitrogens with one attached hydrogen (secondary N) is 1. The number of hydrogen-bond acceptors (Lipinski definition) is 5. The second kappa shape index (κ2) is 9.33. The third-order valence-electron chi connectivity index (χ3n) is 3.05. The Balaban J connectivity index is 2.51. The molecule has 3 N–H and O–H groups in total. The van der Waals surface area contributed by atoms with Crippen LogP contribution in [0.2, 0.25) is 0 Å². The zero-order chi connectivity index (χ0) is 15.7. The van der Waals surface area contributed by atoms with Gasteiger partial charge in [0.25, 0.3) is 0 Å². The Morgan fingerprint density at radius 3 is 2.76 bits per heavy atom. The fraction of sp³-hybridized carbons (Fsp3) is 0.533. The topological polar surface area (TPSA) is 82.8 Å². The molecule has 21 heavy (non-hydrogen) atoms. The molecule has 0 saturated heterocycles. The highest BCUT2D eigenvalue weighted by atomic mass is 16.5. The van der Waals surface area contributed by atoms with Crippen LogP contribution in [0.4, 0.5) is 0 Å². The molecule has 1 aromatic rings. The molecule has 0 aromatic heterocycles. The van der Waals surface area contributed by atoms with Crippen molar-refractivity contribution in [3.63, 3.8) is 0 Å². The fourth-order valence-electron chi connectivity index (χ4n) is 1.97. The predicted octanol–water partition coefficient (Wildman–Crippen LogP) is 0.994. The van der Waals surface area contributed by atoms with Gasteiger partial charge in [-0.2, -0.15) is 0 Å². The lowest BCUT2D eigenvalue weighted by atomic mass is 10.0. The number of carbonyl (C=O) groups is 1. The Morgan fingerprint density at radius 2 is 2.14 bits per heavy atom. The molecule has 0 aliphatic heterocycles. The van der Waals surface area contributed by atoms with E-state index in [-0.39, 0.29) is 12.6 Å². The molecule has 6 heteroatoms. The smallest absolute Gasteiger partial charge is 0.243 e. The lowest BCUT2D eigenvalue weighted by Gasteiger charge is -2.17. The van der Waals surface area contributed by atoms with Crippen LogP contribution in [-0.4, -0.2) is 39.9 Å². The van der Waals surface area contributed by atoms with E-state index in [0.717, 1.165) is 16.9 Å². The summed E-state index contributed by atoms with van der Waals surface area (Å²) in [5, 5.41) is 3.32. The summed E-state index contributed by atoms with van der Waals surface area (Å²) in [6.45, 7) is 3.60. The first-order chi connectivity index (χ1) is 10.1. The summed E-state index contributed by atoms with van der Waals surface area (Å²) in [5.41, 5.74) is 7.14. The molecule has 1 aromatic carbocycles. The van der Waals surface area contributed by atoms with Crippen LogP contribution < -0.4 is 15.8 Å². The first kappa shape index (κ1) is 17.4. The standard InChI is InChI=1S/C15H24N2O4/c1-11(17-6-7-21-10-15(16)18)12-4-5-14(20-3)13(8-12)9-19-2/h4-5,8,11,17H,6-7,9-10H2,1-3H3,(H2,16,18). The molecular formula is C15H24N2O4. The summed E-state index contributed by atoms with van der Waals surface area (Å²) >= 11 is 0. The molecule has 0 fully saturated rings. The van der Waals surface area contributed by atoms with Crippen molar-refractivity contribution in [3.05, 3.63) is 29.3 Å². The Labute approximate surface area is 125 Å². The third-order valence-corrected chi connectivity index (χ3v) is 3.05. The highest BCUT2D eigenvalue weighted by Gasteiger charge is 2.09. The maximum absolute atomic E-state index is 10.5. The molecule has 0 spiro atoms. The average molecular weight is 296 g/mol. The SMILES string of the molecule is COCc1cc(C(C)NCCOCC(N)=O)ccc1OC. The number of ether oxygens (including phenoxy) is 3. The molecular weight excluding hydrogens is 272 g/mol. The van der Waals surface area contributed by atoms with Gasteiger partial charge in [-0.15, -0.1) is 0 Å². The highest BCUT2D eigenvalue weighted by Crippen LogP contribution is 2.23. The Bertz CT molecular complexity index is 451. The molecule has 0 bridgehead atoms. The van der Waals surface area contributed by atoms with Crippen molar-refractivity contribution in [3.8, 4) is 5.75 Å². The van der Waals surface area contributed by atoms with Gasteiger partial charge in [0, 0.05) is 25.3 Å². The van der Waals surface area contributed by atoms with E-state index >= 15 is 0 Å². The van der Waals surface area contributed by atoms with Crippen LogP contribution in [-0.2, 0) is 20.9 Å². The molecule has 1 amide bonds. The minimum Gasteiger partial charge on any atom is -0.496 e. The van der Waals surface area contributed by atoms with Gasteiger partial charge >= 0.3 is 0 Å². The van der Waals surface area contributed by atoms with E-state index in [2.05, 4.69) is 18.3 Å². The summed E-state index contributed by atoms with van der Waals surface area (Å²) in [5.74, 6) is 0.361. The van der Waals surface area contributed by atoms with E-state index in [0.29, 0.717) is 19.8 Å². The number of nitrogens with two attached hydrogens (primary N) is 1. The maximum atomic E-state index is 10.5.